The van der Waals surface area contributed by atoms with Gasteiger partial charge in [-0.2, -0.15) is 0 Å². The molecule has 1 fully saturated rings. The largest absolute Gasteiger partial charge is 0.335 e. The van der Waals surface area contributed by atoms with Crippen molar-refractivity contribution in [2.75, 3.05) is 13.1 Å². The molecule has 0 bridgehead atoms. The number of benzene rings is 1. The number of nitrogens with zero attached hydrogens (tertiary/aromatic N) is 2. The van der Waals surface area contributed by atoms with Crippen LogP contribution < -0.4 is 5.73 Å². The van der Waals surface area contributed by atoms with Gasteiger partial charge in [0.25, 0.3) is 5.91 Å². The molecule has 0 spiro atoms. The van der Waals surface area contributed by atoms with Crippen molar-refractivity contribution < 1.29 is 4.79 Å². The number of aryl methyl sites for hydroxylation is 3. The van der Waals surface area contributed by atoms with Gasteiger partial charge in [-0.25, -0.2) is 4.98 Å². The summed E-state index contributed by atoms with van der Waals surface area (Å²) in [7, 11) is 0. The Labute approximate surface area is 147 Å². The maximum atomic E-state index is 13.0. The highest BCUT2D eigenvalue weighted by Crippen LogP contribution is 2.33. The van der Waals surface area contributed by atoms with E-state index in [1.807, 2.05) is 11.8 Å². The van der Waals surface area contributed by atoms with Gasteiger partial charge in [0.2, 0.25) is 0 Å². The summed E-state index contributed by atoms with van der Waals surface area (Å²) in [4.78, 5) is 20.4. The van der Waals surface area contributed by atoms with Crippen molar-refractivity contribution in [3.05, 3.63) is 39.9 Å². The van der Waals surface area contributed by atoms with Crippen LogP contribution >= 0.6 is 11.3 Å². The SMILES string of the molecule is Cc1ccc(-c2nc(C)c(C(=O)N3CC(CN)CC3C)s2)c(C)c1. The van der Waals surface area contributed by atoms with Gasteiger partial charge in [0, 0.05) is 18.2 Å². The molecule has 0 aliphatic carbocycles. The molecule has 1 aliphatic heterocycles. The maximum absolute atomic E-state index is 13.0. The fourth-order valence-electron chi connectivity index (χ4n) is 3.49. The monoisotopic (exact) mass is 343 g/mol. The lowest BCUT2D eigenvalue weighted by Gasteiger charge is -2.20. The average Bonchev–Trinajstić information content (AvgIpc) is 3.09. The van der Waals surface area contributed by atoms with Crippen LogP contribution in [-0.2, 0) is 0 Å². The van der Waals surface area contributed by atoms with Crippen molar-refractivity contribution in [2.24, 2.45) is 11.7 Å². The van der Waals surface area contributed by atoms with Crippen molar-refractivity contribution in [2.45, 2.75) is 40.2 Å². The Morgan fingerprint density at radius 1 is 1.38 bits per heavy atom. The second-order valence-electron chi connectivity index (χ2n) is 6.90. The Hall–Kier alpha value is -1.72. The smallest absolute Gasteiger partial charge is 0.266 e. The van der Waals surface area contributed by atoms with Gasteiger partial charge in [0.05, 0.1) is 5.69 Å². The normalized spacial score (nSPS) is 20.6. The zero-order chi connectivity index (χ0) is 17.4. The zero-order valence-corrected chi connectivity index (χ0v) is 15.6. The Bertz CT molecular complexity index is 768. The van der Waals surface area contributed by atoms with E-state index in [1.165, 1.54) is 22.5 Å². The second kappa shape index (κ2) is 6.65. The third kappa shape index (κ3) is 3.10. The summed E-state index contributed by atoms with van der Waals surface area (Å²) >= 11 is 1.50. The number of nitrogens with two attached hydrogens (primary N) is 1. The van der Waals surface area contributed by atoms with E-state index in [0.717, 1.165) is 34.1 Å². The van der Waals surface area contributed by atoms with Crippen LogP contribution in [-0.4, -0.2) is 34.9 Å². The lowest BCUT2D eigenvalue weighted by molar-refractivity contribution is 0.0747. The molecular weight excluding hydrogens is 318 g/mol. The highest BCUT2D eigenvalue weighted by atomic mass is 32.1. The average molecular weight is 343 g/mol. The first-order valence-corrected chi connectivity index (χ1v) is 9.28. The zero-order valence-electron chi connectivity index (χ0n) is 14.8. The molecule has 2 unspecified atom stereocenters. The molecule has 1 aromatic heterocycles. The molecule has 5 heteroatoms. The molecule has 2 atom stereocenters. The third-order valence-corrected chi connectivity index (χ3v) is 6.04. The van der Waals surface area contributed by atoms with E-state index < -0.39 is 0 Å². The van der Waals surface area contributed by atoms with Gasteiger partial charge in [-0.05, 0) is 52.1 Å². The summed E-state index contributed by atoms with van der Waals surface area (Å²) in [6, 6.07) is 6.59. The maximum Gasteiger partial charge on any atom is 0.266 e. The number of likely N-dealkylation sites (tertiary alicyclic amines) is 1. The summed E-state index contributed by atoms with van der Waals surface area (Å²) in [6.45, 7) is 9.61. The number of carbonyl (C=O) groups excluding carboxylic acids is 1. The summed E-state index contributed by atoms with van der Waals surface area (Å²) in [5, 5.41) is 0.926. The van der Waals surface area contributed by atoms with Crippen molar-refractivity contribution in [1.29, 1.82) is 0 Å². The van der Waals surface area contributed by atoms with E-state index in [0.29, 0.717) is 12.5 Å². The Kier molecular flexibility index (Phi) is 4.74. The number of hydrogen-bond acceptors (Lipinski definition) is 4. The van der Waals surface area contributed by atoms with Gasteiger partial charge in [0.1, 0.15) is 9.88 Å². The summed E-state index contributed by atoms with van der Waals surface area (Å²) in [5.41, 5.74) is 10.2. The number of thiazole rings is 1. The van der Waals surface area contributed by atoms with Crippen LogP contribution in [0.2, 0.25) is 0 Å². The summed E-state index contributed by atoms with van der Waals surface area (Å²) in [6.07, 6.45) is 0.990. The minimum absolute atomic E-state index is 0.101. The van der Waals surface area contributed by atoms with Gasteiger partial charge >= 0.3 is 0 Å². The first-order chi connectivity index (χ1) is 11.4. The van der Waals surface area contributed by atoms with Crippen LogP contribution in [0.5, 0.6) is 0 Å². The van der Waals surface area contributed by atoms with Gasteiger partial charge in [0.15, 0.2) is 0 Å². The van der Waals surface area contributed by atoms with Crippen LogP contribution in [0, 0.1) is 26.7 Å². The Morgan fingerprint density at radius 3 is 2.75 bits per heavy atom. The molecule has 2 N–H and O–H groups in total. The van der Waals surface area contributed by atoms with Crippen molar-refractivity contribution in [3.63, 3.8) is 0 Å². The lowest BCUT2D eigenvalue weighted by atomic mass is 10.1. The Balaban J connectivity index is 1.90. The van der Waals surface area contributed by atoms with E-state index in [1.54, 1.807) is 0 Å². The third-order valence-electron chi connectivity index (χ3n) is 4.86. The van der Waals surface area contributed by atoms with E-state index in [2.05, 4.69) is 44.0 Å². The van der Waals surface area contributed by atoms with Crippen molar-refractivity contribution in [1.82, 2.24) is 9.88 Å². The molecule has 0 radical (unpaired) electrons. The van der Waals surface area contributed by atoms with Gasteiger partial charge in [-0.1, -0.05) is 23.8 Å². The fraction of sp³-hybridized carbons (Fsp3) is 0.474. The van der Waals surface area contributed by atoms with Crippen LogP contribution in [0.4, 0.5) is 0 Å². The highest BCUT2D eigenvalue weighted by molar-refractivity contribution is 7.17. The minimum Gasteiger partial charge on any atom is -0.335 e. The van der Waals surface area contributed by atoms with Crippen LogP contribution in [0.15, 0.2) is 18.2 Å². The number of rotatable bonds is 3. The van der Waals surface area contributed by atoms with Gasteiger partial charge in [-0.3, -0.25) is 4.79 Å². The Morgan fingerprint density at radius 2 is 2.12 bits per heavy atom. The minimum atomic E-state index is 0.101. The topological polar surface area (TPSA) is 59.2 Å². The second-order valence-corrected chi connectivity index (χ2v) is 7.89. The van der Waals surface area contributed by atoms with Crippen LogP contribution in [0.1, 0.15) is 39.8 Å². The fourth-order valence-corrected chi connectivity index (χ4v) is 4.60. The molecule has 1 aliphatic rings. The number of aromatic nitrogens is 1. The molecule has 1 amide bonds. The lowest BCUT2D eigenvalue weighted by Crippen LogP contribution is -2.34. The molecule has 1 aromatic carbocycles. The first kappa shape index (κ1) is 17.1. The molecule has 3 rings (SSSR count). The van der Waals surface area contributed by atoms with Gasteiger partial charge in [-0.15, -0.1) is 11.3 Å². The highest BCUT2D eigenvalue weighted by Gasteiger charge is 2.33. The molecular formula is C19H25N3OS. The van der Waals surface area contributed by atoms with E-state index in [9.17, 15) is 4.79 Å². The molecule has 128 valence electrons. The molecule has 24 heavy (non-hydrogen) atoms. The predicted molar refractivity (Wildman–Crippen MR) is 99.4 cm³/mol. The van der Waals surface area contributed by atoms with E-state index in [-0.39, 0.29) is 11.9 Å². The van der Waals surface area contributed by atoms with Crippen molar-refractivity contribution in [3.8, 4) is 10.6 Å². The number of carbonyl (C=O) groups is 1. The van der Waals surface area contributed by atoms with Crippen LogP contribution in [0.3, 0.4) is 0 Å². The standard InChI is InChI=1S/C19H25N3OS/c1-11-5-6-16(12(2)7-11)18-21-14(4)17(24-18)19(23)22-10-15(9-20)8-13(22)3/h5-7,13,15H,8-10,20H2,1-4H3. The predicted octanol–water partition coefficient (Wildman–Crippen LogP) is 3.54. The quantitative estimate of drug-likeness (QED) is 0.927. The molecule has 0 saturated carbocycles. The molecule has 2 aromatic rings. The van der Waals surface area contributed by atoms with E-state index in [4.69, 9.17) is 5.73 Å². The summed E-state index contributed by atoms with van der Waals surface area (Å²) in [5.74, 6) is 0.514. The summed E-state index contributed by atoms with van der Waals surface area (Å²) < 4.78 is 0. The number of hydrogen-bond donors (Lipinski definition) is 1. The van der Waals surface area contributed by atoms with Crippen molar-refractivity contribution >= 4 is 17.2 Å². The molecule has 2 heterocycles. The van der Waals surface area contributed by atoms with E-state index >= 15 is 0 Å². The molecule has 4 nitrogen and oxygen atoms in total. The molecule has 1 saturated heterocycles. The first-order valence-electron chi connectivity index (χ1n) is 8.46. The van der Waals surface area contributed by atoms with Crippen LogP contribution in [0.25, 0.3) is 10.6 Å². The van der Waals surface area contributed by atoms with Gasteiger partial charge < -0.3 is 10.6 Å². The number of amides is 1.